The van der Waals surface area contributed by atoms with Crippen LogP contribution in [-0.4, -0.2) is 34.5 Å². The third-order valence-corrected chi connectivity index (χ3v) is 6.20. The number of benzene rings is 2. The van der Waals surface area contributed by atoms with Gasteiger partial charge in [0.2, 0.25) is 11.8 Å². The first-order valence-electron chi connectivity index (χ1n) is 11.6. The summed E-state index contributed by atoms with van der Waals surface area (Å²) in [7, 11) is 0. The molecule has 1 aliphatic rings. The Morgan fingerprint density at radius 2 is 1.77 bits per heavy atom. The van der Waals surface area contributed by atoms with Crippen LogP contribution in [0, 0.1) is 12.8 Å². The highest BCUT2D eigenvalue weighted by molar-refractivity contribution is 6.05. The summed E-state index contributed by atoms with van der Waals surface area (Å²) in [6.45, 7) is 4.42. The number of anilines is 3. The first kappa shape index (κ1) is 24.0. The number of H-pyrrole nitrogens is 1. The van der Waals surface area contributed by atoms with Crippen molar-refractivity contribution in [2.45, 2.75) is 33.2 Å². The van der Waals surface area contributed by atoms with Crippen LogP contribution < -0.4 is 26.8 Å². The summed E-state index contributed by atoms with van der Waals surface area (Å²) in [5.74, 6) is -1.23. The molecule has 3 aromatic rings. The molecule has 1 fully saturated rings. The monoisotopic (exact) mass is 475 g/mol. The molecule has 9 nitrogen and oxygen atoms in total. The van der Waals surface area contributed by atoms with Gasteiger partial charge in [-0.05, 0) is 31.0 Å². The Labute approximate surface area is 202 Å². The van der Waals surface area contributed by atoms with Crippen molar-refractivity contribution in [3.8, 4) is 0 Å². The Bertz CT molecular complexity index is 1340. The van der Waals surface area contributed by atoms with Gasteiger partial charge in [0.05, 0.1) is 12.5 Å². The van der Waals surface area contributed by atoms with Gasteiger partial charge in [0.1, 0.15) is 5.82 Å². The van der Waals surface area contributed by atoms with Crippen molar-refractivity contribution < 1.29 is 9.59 Å². The number of hydrogen-bond donors (Lipinski definition) is 2. The van der Waals surface area contributed by atoms with E-state index in [1.165, 1.54) is 9.47 Å². The number of hydrogen-bond acceptors (Lipinski definition) is 5. The highest BCUT2D eigenvalue weighted by Crippen LogP contribution is 2.29. The fourth-order valence-corrected chi connectivity index (χ4v) is 4.38. The van der Waals surface area contributed by atoms with Gasteiger partial charge in [-0.1, -0.05) is 55.0 Å². The minimum Gasteiger partial charge on any atom is -0.383 e. The second kappa shape index (κ2) is 10.0. The number of carbonyl (C=O) groups is 2. The van der Waals surface area contributed by atoms with Crippen molar-refractivity contribution >= 4 is 29.0 Å². The Hall–Kier alpha value is -4.14. The van der Waals surface area contributed by atoms with Crippen molar-refractivity contribution in [3.63, 3.8) is 0 Å². The number of nitrogen functional groups attached to an aromatic ring is 1. The van der Waals surface area contributed by atoms with Crippen molar-refractivity contribution in [1.29, 1.82) is 0 Å². The van der Waals surface area contributed by atoms with Gasteiger partial charge in [0.25, 0.3) is 5.56 Å². The van der Waals surface area contributed by atoms with Gasteiger partial charge in [0.15, 0.2) is 5.69 Å². The SMILES string of the molecule is CCCN(C(=O)C1CC(=O)N(c2ccc(C)cc2)C1)c1c(N)n(Cc2ccccc2)c(=O)[nH]c1=O. The van der Waals surface area contributed by atoms with E-state index in [0.717, 1.165) is 16.8 Å². The van der Waals surface area contributed by atoms with E-state index in [9.17, 15) is 19.2 Å². The van der Waals surface area contributed by atoms with Crippen LogP contribution in [-0.2, 0) is 16.1 Å². The fraction of sp³-hybridized carbons (Fsp3) is 0.308. The normalized spacial score (nSPS) is 15.4. The van der Waals surface area contributed by atoms with Gasteiger partial charge in [-0.25, -0.2) is 4.79 Å². The minimum atomic E-state index is -0.724. The Kier molecular flexibility index (Phi) is 6.86. The molecule has 2 heterocycles. The molecule has 9 heteroatoms. The van der Waals surface area contributed by atoms with Crippen molar-refractivity contribution in [2.24, 2.45) is 5.92 Å². The molecule has 0 radical (unpaired) electrons. The number of nitrogens with zero attached hydrogens (tertiary/aromatic N) is 3. The summed E-state index contributed by atoms with van der Waals surface area (Å²) in [5.41, 5.74) is 7.52. The molecule has 0 aliphatic carbocycles. The molecule has 35 heavy (non-hydrogen) atoms. The molecule has 1 unspecified atom stereocenters. The zero-order valence-electron chi connectivity index (χ0n) is 19.9. The van der Waals surface area contributed by atoms with E-state index in [-0.39, 0.29) is 49.4 Å². The molecule has 0 saturated carbocycles. The maximum atomic E-state index is 13.6. The fourth-order valence-electron chi connectivity index (χ4n) is 4.38. The van der Waals surface area contributed by atoms with Crippen LogP contribution in [0.15, 0.2) is 64.2 Å². The number of aromatic nitrogens is 2. The van der Waals surface area contributed by atoms with E-state index in [2.05, 4.69) is 4.98 Å². The lowest BCUT2D eigenvalue weighted by Gasteiger charge is -2.26. The second-order valence-electron chi connectivity index (χ2n) is 8.80. The third kappa shape index (κ3) is 4.89. The van der Waals surface area contributed by atoms with Crippen LogP contribution in [0.3, 0.4) is 0 Å². The zero-order chi connectivity index (χ0) is 25.1. The van der Waals surface area contributed by atoms with E-state index in [1.54, 1.807) is 4.90 Å². The molecule has 2 amide bonds. The molecule has 3 N–H and O–H groups in total. The highest BCUT2D eigenvalue weighted by atomic mass is 16.2. The molecule has 1 aromatic heterocycles. The van der Waals surface area contributed by atoms with Crippen LogP contribution >= 0.6 is 0 Å². The summed E-state index contributed by atoms with van der Waals surface area (Å²) in [4.78, 5) is 57.0. The van der Waals surface area contributed by atoms with E-state index in [4.69, 9.17) is 5.73 Å². The zero-order valence-corrected chi connectivity index (χ0v) is 19.9. The predicted molar refractivity (Wildman–Crippen MR) is 136 cm³/mol. The van der Waals surface area contributed by atoms with Crippen LogP contribution in [0.5, 0.6) is 0 Å². The van der Waals surface area contributed by atoms with Gasteiger partial charge in [0, 0.05) is 25.2 Å². The maximum Gasteiger partial charge on any atom is 0.330 e. The predicted octanol–water partition coefficient (Wildman–Crippen LogP) is 2.27. The van der Waals surface area contributed by atoms with Gasteiger partial charge in [-0.15, -0.1) is 0 Å². The van der Waals surface area contributed by atoms with Crippen LogP contribution in [0.1, 0.15) is 30.9 Å². The smallest absolute Gasteiger partial charge is 0.330 e. The van der Waals surface area contributed by atoms with Crippen molar-refractivity contribution in [2.75, 3.05) is 28.6 Å². The summed E-state index contributed by atoms with van der Waals surface area (Å²) in [6, 6.07) is 16.8. The third-order valence-electron chi connectivity index (χ3n) is 6.20. The maximum absolute atomic E-state index is 13.6. The highest BCUT2D eigenvalue weighted by Gasteiger charge is 2.38. The van der Waals surface area contributed by atoms with Gasteiger partial charge >= 0.3 is 5.69 Å². The first-order chi connectivity index (χ1) is 16.8. The molecule has 182 valence electrons. The van der Waals surface area contributed by atoms with Crippen molar-refractivity contribution in [1.82, 2.24) is 9.55 Å². The number of carbonyl (C=O) groups excluding carboxylic acids is 2. The molecule has 1 saturated heterocycles. The molecule has 1 aliphatic heterocycles. The molecular weight excluding hydrogens is 446 g/mol. The Morgan fingerprint density at radius 3 is 2.43 bits per heavy atom. The summed E-state index contributed by atoms with van der Waals surface area (Å²) >= 11 is 0. The average molecular weight is 476 g/mol. The standard InChI is InChI=1S/C26H29N5O4/c1-3-13-29(25(34)19-14-21(32)30(16-19)20-11-9-17(2)10-12-20)22-23(27)31(26(35)28-24(22)33)15-18-7-5-4-6-8-18/h4-12,19H,3,13-16,27H2,1-2H3,(H,28,33,35). The average Bonchev–Trinajstić information content (AvgIpc) is 3.23. The minimum absolute atomic E-state index is 0.0361. The number of amides is 2. The summed E-state index contributed by atoms with van der Waals surface area (Å²) in [5, 5.41) is 0. The number of nitrogens with one attached hydrogen (secondary N) is 1. The van der Waals surface area contributed by atoms with Crippen LogP contribution in [0.2, 0.25) is 0 Å². The quantitative estimate of drug-likeness (QED) is 0.543. The number of nitrogens with two attached hydrogens (primary N) is 1. The molecule has 2 aromatic carbocycles. The molecule has 0 bridgehead atoms. The van der Waals surface area contributed by atoms with E-state index < -0.39 is 17.2 Å². The van der Waals surface area contributed by atoms with Gasteiger partial charge < -0.3 is 15.5 Å². The first-order valence-corrected chi connectivity index (χ1v) is 11.6. The van der Waals surface area contributed by atoms with Crippen molar-refractivity contribution in [3.05, 3.63) is 86.6 Å². The lowest BCUT2D eigenvalue weighted by atomic mass is 10.1. The topological polar surface area (TPSA) is 121 Å². The number of rotatable bonds is 7. The van der Waals surface area contributed by atoms with Crippen LogP contribution in [0.4, 0.5) is 17.2 Å². The number of aromatic amines is 1. The number of aryl methyl sites for hydroxylation is 1. The molecule has 4 rings (SSSR count). The summed E-state index contributed by atoms with van der Waals surface area (Å²) in [6.07, 6.45) is 0.596. The van der Waals surface area contributed by atoms with E-state index >= 15 is 0 Å². The lowest BCUT2D eigenvalue weighted by molar-refractivity contribution is -0.124. The molecular formula is C26H29N5O4. The van der Waals surface area contributed by atoms with Gasteiger partial charge in [-0.3, -0.25) is 23.9 Å². The second-order valence-corrected chi connectivity index (χ2v) is 8.80. The Morgan fingerprint density at radius 1 is 1.09 bits per heavy atom. The van der Waals surface area contributed by atoms with E-state index in [1.807, 2.05) is 68.4 Å². The summed E-state index contributed by atoms with van der Waals surface area (Å²) < 4.78 is 1.25. The molecule has 1 atom stereocenters. The van der Waals surface area contributed by atoms with E-state index in [0.29, 0.717) is 6.42 Å². The molecule has 0 spiro atoms. The largest absolute Gasteiger partial charge is 0.383 e. The van der Waals surface area contributed by atoms with Crippen LogP contribution in [0.25, 0.3) is 0 Å². The Balaban J connectivity index is 1.66. The lowest BCUT2D eigenvalue weighted by Crippen LogP contribution is -2.44. The van der Waals surface area contributed by atoms with Gasteiger partial charge in [-0.2, -0.15) is 0 Å².